The molecule has 2 bridgehead atoms. The normalized spacial score (nSPS) is 20.9. The van der Waals surface area contributed by atoms with E-state index < -0.39 is 83.7 Å². The van der Waals surface area contributed by atoms with Crippen molar-refractivity contribution in [2.24, 2.45) is 59.0 Å². The average Bonchev–Trinajstić information content (AvgIpc) is 2.24. The number of hydrogen-bond donors (Lipinski definition) is 6. The van der Waals surface area contributed by atoms with Crippen LogP contribution >= 0.6 is 0 Å². The third-order valence-corrected chi connectivity index (χ3v) is 19.0. The van der Waals surface area contributed by atoms with Gasteiger partial charge >= 0.3 is 12.0 Å². The molecule has 22 nitrogen and oxygen atoms in total. The molecule has 1 aliphatic carbocycles. The first-order valence-electron chi connectivity index (χ1n) is 32.2. The van der Waals surface area contributed by atoms with Crippen LogP contribution in [0, 0.1) is 53.3 Å². The molecule has 1 aromatic rings. The molecule has 3 aliphatic rings. The molecule has 6 amide bonds. The van der Waals surface area contributed by atoms with Gasteiger partial charge in [-0.25, -0.2) is 4.79 Å². The summed E-state index contributed by atoms with van der Waals surface area (Å²) >= 11 is 0. The molecule has 1 saturated carbocycles. The Labute approximate surface area is 522 Å². The van der Waals surface area contributed by atoms with E-state index in [1.165, 1.54) is 0 Å². The third-order valence-electron chi connectivity index (χ3n) is 19.0. The number of carbonyl (C=O) groups excluding carboxylic acids is 9. The van der Waals surface area contributed by atoms with Gasteiger partial charge in [-0.1, -0.05) is 73.9 Å². The van der Waals surface area contributed by atoms with Crippen LogP contribution in [0.4, 0.5) is 10.5 Å². The third kappa shape index (κ3) is 22.1. The molecule has 3 fully saturated rings. The number of aliphatic hydroxyl groups is 1. The number of likely N-dealkylation sites (N-methyl/N-ethyl adjacent to an activating group) is 2. The number of nitrogens with one attached hydrogen (secondary N) is 3. The number of aliphatic carboxylic acids is 1. The number of Topliss-reactive ketones (excluding diaryl/α,β-unsaturated/α-hetero) is 4. The summed E-state index contributed by atoms with van der Waals surface area (Å²) in [6.07, 6.45) is 5.03. The lowest BCUT2D eigenvalue weighted by Gasteiger charge is -2.41. The minimum absolute atomic E-state index is 0.000695. The molecule has 2 heterocycles. The molecule has 7 N–H and O–H groups in total. The number of carbonyl (C=O) groups is 10. The highest BCUT2D eigenvalue weighted by Crippen LogP contribution is 2.43. The Kier molecular flexibility index (Phi) is 31.3. The molecule has 0 spiro atoms. The van der Waals surface area contributed by atoms with Crippen LogP contribution in [-0.2, 0) is 63.8 Å². The number of urea groups is 1. The van der Waals surface area contributed by atoms with Crippen molar-refractivity contribution in [3.63, 3.8) is 0 Å². The SMILES string of the molecule is CC[C@H](C)[C@@H]([C@@H](CC(=O)N1CCC[C@H]1[C@H](OC)[C@@H](C)C(=O)C[C@H](CO)Cc1ccc(NC(=O)[C@H](CCCNC(N)=O)CC(=O)C(NC(=O)CCOCCCC(=O)C(C)CC(=O)O)C(C)C)cc1)OC)N(C)C(=O)[C@@H](CC(=O)[C@@H]1[C@H]2CC[C@@H](C2)N1C)C(C)C. The maximum absolute atomic E-state index is 14.6. The molecule has 4 rings (SSSR count). The summed E-state index contributed by atoms with van der Waals surface area (Å²) < 4.78 is 17.7. The Bertz CT molecular complexity index is 2470. The Balaban J connectivity index is 1.35. The quantitative estimate of drug-likeness (QED) is 0.0386. The van der Waals surface area contributed by atoms with E-state index in [0.717, 1.165) is 31.2 Å². The summed E-state index contributed by atoms with van der Waals surface area (Å²) in [4.78, 5) is 138. The highest BCUT2D eigenvalue weighted by atomic mass is 16.5. The average molecular weight is 1240 g/mol. The lowest BCUT2D eigenvalue weighted by molar-refractivity contribution is -0.149. The van der Waals surface area contributed by atoms with Gasteiger partial charge < -0.3 is 55.9 Å². The Hall–Kier alpha value is -5.68. The molecule has 88 heavy (non-hydrogen) atoms. The summed E-state index contributed by atoms with van der Waals surface area (Å²) in [6, 6.07) is 4.74. The van der Waals surface area contributed by atoms with Crippen LogP contribution in [0.3, 0.4) is 0 Å². The molecule has 2 saturated heterocycles. The molecular formula is C66H107N7O15. The van der Waals surface area contributed by atoms with Gasteiger partial charge in [0, 0.05) is 115 Å². The second kappa shape index (κ2) is 36.8. The number of ketones is 4. The lowest BCUT2D eigenvalue weighted by atomic mass is 9.83. The number of piperidine rings is 1. The number of benzene rings is 1. The molecule has 22 heteroatoms. The first kappa shape index (κ1) is 74.8. The number of nitrogens with zero attached hydrogens (tertiary/aromatic N) is 3. The van der Waals surface area contributed by atoms with Crippen LogP contribution in [0.15, 0.2) is 24.3 Å². The van der Waals surface area contributed by atoms with Gasteiger partial charge in [0.25, 0.3) is 0 Å². The fourth-order valence-electron chi connectivity index (χ4n) is 13.6. The largest absolute Gasteiger partial charge is 0.481 e. The van der Waals surface area contributed by atoms with E-state index in [1.54, 1.807) is 83.0 Å². The van der Waals surface area contributed by atoms with Gasteiger partial charge in [0.05, 0.1) is 55.8 Å². The number of aliphatic hydroxyl groups excluding tert-OH is 1. The van der Waals surface area contributed by atoms with E-state index in [9.17, 15) is 53.1 Å². The Morgan fingerprint density at radius 3 is 2.08 bits per heavy atom. The number of ether oxygens (including phenoxy) is 3. The summed E-state index contributed by atoms with van der Waals surface area (Å²) in [5.41, 5.74) is 6.49. The number of amides is 6. The van der Waals surface area contributed by atoms with E-state index in [2.05, 4.69) is 27.8 Å². The molecule has 14 atom stereocenters. The number of likely N-dealkylation sites (tertiary alicyclic amines) is 2. The second-order valence-electron chi connectivity index (χ2n) is 26.1. The molecule has 2 aliphatic heterocycles. The zero-order valence-corrected chi connectivity index (χ0v) is 54.7. The van der Waals surface area contributed by atoms with Crippen LogP contribution in [0.5, 0.6) is 0 Å². The highest BCUT2D eigenvalue weighted by molar-refractivity contribution is 5.97. The summed E-state index contributed by atoms with van der Waals surface area (Å²) in [5.74, 6) is -5.94. The molecule has 1 aromatic carbocycles. The van der Waals surface area contributed by atoms with Gasteiger partial charge in [0.1, 0.15) is 11.6 Å². The van der Waals surface area contributed by atoms with Crippen molar-refractivity contribution in [3.05, 3.63) is 29.8 Å². The van der Waals surface area contributed by atoms with Crippen molar-refractivity contribution < 1.29 is 72.4 Å². The van der Waals surface area contributed by atoms with Crippen LogP contribution in [-0.4, -0.2) is 187 Å². The van der Waals surface area contributed by atoms with Gasteiger partial charge in [-0.15, -0.1) is 0 Å². The monoisotopic (exact) mass is 1240 g/mol. The smallest absolute Gasteiger partial charge is 0.312 e. The van der Waals surface area contributed by atoms with Crippen LogP contribution in [0.25, 0.3) is 0 Å². The number of methoxy groups -OCH3 is 2. The minimum Gasteiger partial charge on any atom is -0.481 e. The number of rotatable bonds is 42. The first-order chi connectivity index (χ1) is 41.7. The standard InChI is InChI=1S/C66H107N7O15/c1-13-41(6)61(72(10)65(84)50(39(2)3)36-55(78)62-46-22-25-49(34-46)71(62)9)56(86-11)37-58(80)73-28-15-18-51(73)63(87-12)43(8)53(76)33-45(38-74)32-44-20-23-48(24-21-44)69-64(83)47(17-14-27-68-66(67)85)35-54(77)60(40(4)5)70-57(79)26-30-88-29-16-19-52(75)42(7)31-59(81)82/h20-21,23-24,39-43,45-47,49-51,56,60-63,74H,13-19,22,25-38H2,1-12H3,(H,69,83)(H,70,79)(H,81,82)(H3,67,68,85)/t41-,42?,43-,45+,46-,47+,49-,50-,51-,56+,60?,61-,62-,63+/m0/s1. The van der Waals surface area contributed by atoms with Crippen molar-refractivity contribution in [1.82, 2.24) is 25.3 Å². The van der Waals surface area contributed by atoms with Gasteiger partial charge in [0.15, 0.2) is 11.6 Å². The Morgan fingerprint density at radius 2 is 1.50 bits per heavy atom. The predicted molar refractivity (Wildman–Crippen MR) is 334 cm³/mol. The van der Waals surface area contributed by atoms with Crippen LogP contribution in [0.2, 0.25) is 0 Å². The molecule has 496 valence electrons. The molecule has 0 radical (unpaired) electrons. The molecular weight excluding hydrogens is 1130 g/mol. The van der Waals surface area contributed by atoms with Gasteiger partial charge in [-0.2, -0.15) is 0 Å². The maximum Gasteiger partial charge on any atom is 0.312 e. The number of nitrogens with two attached hydrogens (primary N) is 1. The van der Waals surface area contributed by atoms with E-state index in [1.807, 2.05) is 27.8 Å². The van der Waals surface area contributed by atoms with Crippen molar-refractivity contribution in [2.45, 2.75) is 207 Å². The second-order valence-corrected chi connectivity index (χ2v) is 26.1. The number of carboxylic acid groups (broad SMARTS) is 1. The number of anilines is 1. The van der Waals surface area contributed by atoms with Crippen molar-refractivity contribution in [2.75, 3.05) is 66.5 Å². The highest BCUT2D eigenvalue weighted by Gasteiger charge is 2.49. The van der Waals surface area contributed by atoms with Gasteiger partial charge in [-0.05, 0) is 112 Å². The number of hydrogen-bond acceptors (Lipinski definition) is 15. The van der Waals surface area contributed by atoms with E-state index in [4.69, 9.17) is 25.1 Å². The van der Waals surface area contributed by atoms with E-state index in [0.29, 0.717) is 56.3 Å². The molecule has 0 aromatic heterocycles. The fraction of sp³-hybridized carbons (Fsp3) is 0.758. The van der Waals surface area contributed by atoms with Crippen LogP contribution < -0.4 is 21.7 Å². The van der Waals surface area contributed by atoms with Crippen molar-refractivity contribution >= 4 is 64.4 Å². The predicted octanol–water partition coefficient (Wildman–Crippen LogP) is 6.40. The van der Waals surface area contributed by atoms with Crippen molar-refractivity contribution in [3.8, 4) is 0 Å². The van der Waals surface area contributed by atoms with Crippen molar-refractivity contribution in [1.29, 1.82) is 0 Å². The maximum atomic E-state index is 14.6. The van der Waals surface area contributed by atoms with Gasteiger partial charge in [-0.3, -0.25) is 48.1 Å². The minimum atomic E-state index is -1.05. The summed E-state index contributed by atoms with van der Waals surface area (Å²) in [5, 5.41) is 27.7. The topological polar surface area (TPSA) is 311 Å². The number of primary amides is 1. The van der Waals surface area contributed by atoms with E-state index >= 15 is 0 Å². The van der Waals surface area contributed by atoms with E-state index in [-0.39, 0.29) is 136 Å². The Morgan fingerprint density at radius 1 is 0.807 bits per heavy atom. The van der Waals surface area contributed by atoms with Gasteiger partial charge in [0.2, 0.25) is 23.6 Å². The first-order valence-corrected chi connectivity index (χ1v) is 32.2. The lowest BCUT2D eigenvalue weighted by Crippen LogP contribution is -2.54. The van der Waals surface area contributed by atoms with Crippen LogP contribution in [0.1, 0.15) is 164 Å². The summed E-state index contributed by atoms with van der Waals surface area (Å²) in [7, 11) is 6.91. The fourth-order valence-corrected chi connectivity index (χ4v) is 13.6. The number of fused-ring (bicyclic) bond motifs is 2. The molecule has 2 unspecified atom stereocenters. The summed E-state index contributed by atoms with van der Waals surface area (Å²) in [6.45, 7) is 15.6. The number of carboxylic acids is 1. The zero-order valence-electron chi connectivity index (χ0n) is 54.7. The zero-order chi connectivity index (χ0) is 65.5.